The maximum absolute atomic E-state index is 13.2. The second kappa shape index (κ2) is 6.26. The predicted molar refractivity (Wildman–Crippen MR) is 109 cm³/mol. The summed E-state index contributed by atoms with van der Waals surface area (Å²) in [5.74, 6) is -0.849. The van der Waals surface area contributed by atoms with Crippen molar-refractivity contribution in [3.8, 4) is 0 Å². The van der Waals surface area contributed by atoms with Crippen molar-refractivity contribution in [1.29, 1.82) is 0 Å². The standard InChI is InChI=1S/C24H34O6/c1-21(2)29-19-10-16-15-6-5-13-9-14(26)7-8-22(13,3)20(15)17(27)11-23(16,4)24(19,30-21)18(28)12-25/h7-9,14-17,19-20,25-27H,5-6,10-12H2,1-4H3/t14?,15-,16-,17-,19+,20+,22-,23-,24+/m0/s1. The van der Waals surface area contributed by atoms with E-state index in [0.29, 0.717) is 12.8 Å². The second-order valence-electron chi connectivity index (χ2n) is 11.0. The van der Waals surface area contributed by atoms with Crippen molar-refractivity contribution < 1.29 is 29.6 Å². The van der Waals surface area contributed by atoms with Gasteiger partial charge in [-0.2, -0.15) is 0 Å². The fraction of sp³-hybridized carbons (Fsp3) is 0.792. The van der Waals surface area contributed by atoms with E-state index in [1.165, 1.54) is 5.57 Å². The molecule has 1 heterocycles. The number of hydrogen-bond acceptors (Lipinski definition) is 6. The van der Waals surface area contributed by atoms with E-state index in [1.807, 2.05) is 26.0 Å². The molecule has 0 aromatic carbocycles. The van der Waals surface area contributed by atoms with Crippen molar-refractivity contribution in [1.82, 2.24) is 0 Å². The van der Waals surface area contributed by atoms with Crippen LogP contribution in [0.25, 0.3) is 0 Å². The van der Waals surface area contributed by atoms with Crippen molar-refractivity contribution in [2.45, 2.75) is 83.1 Å². The summed E-state index contributed by atoms with van der Waals surface area (Å²) in [4.78, 5) is 13.2. The van der Waals surface area contributed by atoms with Crippen LogP contribution in [0.2, 0.25) is 0 Å². The topological polar surface area (TPSA) is 96.2 Å². The Hall–Kier alpha value is -1.05. The third-order valence-electron chi connectivity index (χ3n) is 9.15. The van der Waals surface area contributed by atoms with Gasteiger partial charge in [0.05, 0.1) is 18.3 Å². The SMILES string of the molecule is CC1(C)O[C@@H]2C[C@H]3[C@@H]4CCC5=CC(O)C=C[C@]5(C)[C@H]4[C@@H](O)C[C@]3(C)[C@]2(C(=O)CO)O1. The minimum atomic E-state index is -1.22. The number of carbonyl (C=O) groups excluding carboxylic acids is 1. The van der Waals surface area contributed by atoms with Gasteiger partial charge in [-0.1, -0.05) is 37.6 Å². The Labute approximate surface area is 177 Å². The fourth-order valence-electron chi connectivity index (χ4n) is 8.16. The molecule has 4 aliphatic carbocycles. The van der Waals surface area contributed by atoms with Gasteiger partial charge in [-0.05, 0) is 51.4 Å². The second-order valence-corrected chi connectivity index (χ2v) is 11.0. The van der Waals surface area contributed by atoms with Gasteiger partial charge in [0.25, 0.3) is 0 Å². The van der Waals surface area contributed by atoms with E-state index in [2.05, 4.69) is 19.9 Å². The average molecular weight is 419 g/mol. The largest absolute Gasteiger partial charge is 0.393 e. The number of aliphatic hydroxyl groups excluding tert-OH is 3. The summed E-state index contributed by atoms with van der Waals surface area (Å²) in [7, 11) is 0. The van der Waals surface area contributed by atoms with Crippen molar-refractivity contribution in [3.05, 3.63) is 23.8 Å². The van der Waals surface area contributed by atoms with Crippen LogP contribution in [0, 0.1) is 28.6 Å². The summed E-state index contributed by atoms with van der Waals surface area (Å²) >= 11 is 0. The lowest BCUT2D eigenvalue weighted by Crippen LogP contribution is -2.63. The van der Waals surface area contributed by atoms with Crippen LogP contribution in [0.5, 0.6) is 0 Å². The molecule has 6 nitrogen and oxygen atoms in total. The number of rotatable bonds is 2. The molecule has 0 radical (unpaired) electrons. The van der Waals surface area contributed by atoms with Crippen molar-refractivity contribution in [3.63, 3.8) is 0 Å². The van der Waals surface area contributed by atoms with Crippen molar-refractivity contribution in [2.24, 2.45) is 28.6 Å². The number of ether oxygens (including phenoxy) is 2. The number of ketones is 1. The summed E-state index contributed by atoms with van der Waals surface area (Å²) in [6.07, 6.45) is 7.15. The molecule has 1 saturated heterocycles. The van der Waals surface area contributed by atoms with Gasteiger partial charge in [0.1, 0.15) is 6.61 Å². The lowest BCUT2D eigenvalue weighted by Gasteiger charge is -2.60. The Morgan fingerprint density at radius 2 is 1.97 bits per heavy atom. The number of allylic oxidation sites excluding steroid dienone is 2. The van der Waals surface area contributed by atoms with E-state index in [4.69, 9.17) is 9.47 Å². The highest BCUT2D eigenvalue weighted by Crippen LogP contribution is 2.70. The third kappa shape index (κ3) is 2.40. The lowest BCUT2D eigenvalue weighted by molar-refractivity contribution is -0.225. The zero-order chi connectivity index (χ0) is 21.7. The van der Waals surface area contributed by atoms with Crippen LogP contribution in [0.4, 0.5) is 0 Å². The zero-order valence-corrected chi connectivity index (χ0v) is 18.3. The van der Waals surface area contributed by atoms with Crippen LogP contribution in [-0.4, -0.2) is 57.4 Å². The zero-order valence-electron chi connectivity index (χ0n) is 18.3. The normalized spacial score (nSPS) is 53.4. The summed E-state index contributed by atoms with van der Waals surface area (Å²) in [6, 6.07) is 0. The molecule has 30 heavy (non-hydrogen) atoms. The van der Waals surface area contributed by atoms with E-state index in [0.717, 1.165) is 12.8 Å². The van der Waals surface area contributed by atoms with Crippen LogP contribution in [0.15, 0.2) is 23.8 Å². The maximum Gasteiger partial charge on any atom is 0.193 e. The third-order valence-corrected chi connectivity index (χ3v) is 9.15. The highest BCUT2D eigenvalue weighted by molar-refractivity contribution is 5.91. The predicted octanol–water partition coefficient (Wildman–Crippen LogP) is 2.12. The van der Waals surface area contributed by atoms with Gasteiger partial charge in [-0.25, -0.2) is 0 Å². The Morgan fingerprint density at radius 1 is 1.23 bits per heavy atom. The monoisotopic (exact) mass is 418 g/mol. The summed E-state index contributed by atoms with van der Waals surface area (Å²) in [6.45, 7) is 7.27. The molecule has 4 fully saturated rings. The summed E-state index contributed by atoms with van der Waals surface area (Å²) in [5.41, 5.74) is -0.927. The van der Waals surface area contributed by atoms with Gasteiger partial charge >= 0.3 is 0 Å². The molecule has 1 aliphatic heterocycles. The highest BCUT2D eigenvalue weighted by atomic mass is 16.8. The quantitative estimate of drug-likeness (QED) is 0.595. The summed E-state index contributed by atoms with van der Waals surface area (Å²) in [5, 5.41) is 31.4. The Kier molecular flexibility index (Phi) is 4.35. The number of Topliss-reactive ketones (excluding diaryl/α,β-unsaturated/α-hetero) is 1. The van der Waals surface area contributed by atoms with E-state index in [-0.39, 0.29) is 29.0 Å². The smallest absolute Gasteiger partial charge is 0.193 e. The molecule has 3 saturated carbocycles. The van der Waals surface area contributed by atoms with Crippen molar-refractivity contribution >= 4 is 5.78 Å². The molecular formula is C24H34O6. The van der Waals surface area contributed by atoms with Gasteiger partial charge in [0.15, 0.2) is 17.2 Å². The van der Waals surface area contributed by atoms with E-state index in [9.17, 15) is 20.1 Å². The number of hydrogen-bond donors (Lipinski definition) is 3. The Morgan fingerprint density at radius 3 is 2.67 bits per heavy atom. The molecule has 0 aromatic heterocycles. The first kappa shape index (κ1) is 20.8. The van der Waals surface area contributed by atoms with Gasteiger partial charge in [-0.15, -0.1) is 0 Å². The summed E-state index contributed by atoms with van der Waals surface area (Å²) < 4.78 is 12.6. The van der Waals surface area contributed by atoms with Crippen molar-refractivity contribution in [2.75, 3.05) is 6.61 Å². The first-order valence-corrected chi connectivity index (χ1v) is 11.3. The molecule has 5 rings (SSSR count). The average Bonchev–Trinajstić information content (AvgIpc) is 3.07. The van der Waals surface area contributed by atoms with Crippen LogP contribution < -0.4 is 0 Å². The Balaban J connectivity index is 1.58. The van der Waals surface area contributed by atoms with Crippen LogP contribution in [0.1, 0.15) is 53.4 Å². The first-order valence-electron chi connectivity index (χ1n) is 11.3. The molecule has 1 unspecified atom stereocenters. The van der Waals surface area contributed by atoms with Gasteiger partial charge in [0, 0.05) is 16.7 Å². The lowest BCUT2D eigenvalue weighted by atomic mass is 9.46. The van der Waals surface area contributed by atoms with E-state index >= 15 is 0 Å². The molecule has 9 atom stereocenters. The molecule has 6 heteroatoms. The fourth-order valence-corrected chi connectivity index (χ4v) is 8.16. The van der Waals surface area contributed by atoms with Crippen LogP contribution in [-0.2, 0) is 14.3 Å². The van der Waals surface area contributed by atoms with Gasteiger partial charge in [0.2, 0.25) is 0 Å². The minimum Gasteiger partial charge on any atom is -0.393 e. The minimum absolute atomic E-state index is 0.0208. The van der Waals surface area contributed by atoms with E-state index in [1.54, 1.807) is 0 Å². The number of carbonyl (C=O) groups is 1. The van der Waals surface area contributed by atoms with Gasteiger partial charge in [-0.3, -0.25) is 4.79 Å². The molecule has 166 valence electrons. The molecule has 0 aromatic rings. The number of fused-ring (bicyclic) bond motifs is 7. The number of aliphatic hydroxyl groups is 3. The molecule has 0 amide bonds. The van der Waals surface area contributed by atoms with Crippen LogP contribution >= 0.6 is 0 Å². The molecular weight excluding hydrogens is 384 g/mol. The van der Waals surface area contributed by atoms with Gasteiger partial charge < -0.3 is 24.8 Å². The van der Waals surface area contributed by atoms with Crippen LogP contribution in [0.3, 0.4) is 0 Å². The molecule has 0 bridgehead atoms. The molecule has 5 aliphatic rings. The first-order chi connectivity index (χ1) is 14.0. The highest BCUT2D eigenvalue weighted by Gasteiger charge is 2.76. The molecule has 0 spiro atoms. The van der Waals surface area contributed by atoms with E-state index < -0.39 is 41.7 Å². The Bertz CT molecular complexity index is 832. The maximum atomic E-state index is 13.2. The molecule has 3 N–H and O–H groups in total.